The Kier molecular flexibility index (Phi) is 19.9. The van der Waals surface area contributed by atoms with Crippen LogP contribution in [0.3, 0.4) is 0 Å². The average molecular weight is 757 g/mol. The molecule has 14 nitrogen and oxygen atoms in total. The number of aliphatic hydroxyl groups excluding tert-OH is 3. The monoisotopic (exact) mass is 756 g/mol. The van der Waals surface area contributed by atoms with Crippen molar-refractivity contribution in [3.8, 4) is 11.5 Å². The number of benzene rings is 2. The first-order chi connectivity index (χ1) is 26.0. The molecule has 0 bridgehead atoms. The molecule has 1 aliphatic rings. The minimum Gasteiger partial charge on any atom is -0.493 e. The van der Waals surface area contributed by atoms with E-state index in [-0.39, 0.29) is 54.3 Å². The highest BCUT2D eigenvalue weighted by Gasteiger charge is 2.40. The highest BCUT2D eigenvalue weighted by atomic mass is 17.1. The predicted octanol–water partition coefficient (Wildman–Crippen LogP) is 4.70. The van der Waals surface area contributed by atoms with E-state index in [4.69, 9.17) is 24.6 Å². The Hall–Kier alpha value is -4.15. The summed E-state index contributed by atoms with van der Waals surface area (Å²) >= 11 is 0. The quantitative estimate of drug-likeness (QED) is 0.0215. The summed E-state index contributed by atoms with van der Waals surface area (Å²) in [5.74, 6) is -1.36. The number of amides is 1. The Balaban J connectivity index is 1.34. The molecule has 2 aromatic carbocycles. The lowest BCUT2D eigenvalue weighted by molar-refractivity contribution is -0.492. The minimum atomic E-state index is -0.922. The fourth-order valence-electron chi connectivity index (χ4n) is 6.34. The Labute approximate surface area is 316 Å². The second kappa shape index (κ2) is 24.3. The number of aliphatic hydroxyl groups is 3. The highest BCUT2D eigenvalue weighted by Crippen LogP contribution is 2.38. The molecule has 0 spiro atoms. The molecule has 3 rings (SSSR count). The van der Waals surface area contributed by atoms with Crippen molar-refractivity contribution in [2.45, 2.75) is 102 Å². The summed E-state index contributed by atoms with van der Waals surface area (Å²) in [4.78, 5) is 41.7. The Morgan fingerprint density at radius 3 is 2.43 bits per heavy atom. The van der Waals surface area contributed by atoms with Crippen molar-refractivity contribution in [2.75, 3.05) is 20.3 Å². The van der Waals surface area contributed by atoms with Gasteiger partial charge in [0.15, 0.2) is 11.5 Å². The van der Waals surface area contributed by atoms with Gasteiger partial charge in [-0.1, -0.05) is 48.6 Å². The fraction of sp³-hybridized carbons (Fsp3) is 0.525. The Morgan fingerprint density at radius 2 is 1.69 bits per heavy atom. The highest BCUT2D eigenvalue weighted by molar-refractivity contribution is 5.87. The van der Waals surface area contributed by atoms with Gasteiger partial charge in [0, 0.05) is 12.5 Å². The molecule has 0 saturated heterocycles. The normalized spacial score (nSPS) is 19.6. The first-order valence-corrected chi connectivity index (χ1v) is 18.5. The van der Waals surface area contributed by atoms with E-state index >= 15 is 0 Å². The second-order valence-corrected chi connectivity index (χ2v) is 13.5. The van der Waals surface area contributed by atoms with Gasteiger partial charge in [-0.05, 0) is 112 Å². The summed E-state index contributed by atoms with van der Waals surface area (Å²) in [6, 6.07) is 13.8. The molecule has 1 saturated carbocycles. The van der Waals surface area contributed by atoms with E-state index in [2.05, 4.69) is 10.2 Å². The van der Waals surface area contributed by atoms with E-state index in [1.165, 1.54) is 37.8 Å². The molecule has 1 aliphatic carbocycles. The number of esters is 2. The van der Waals surface area contributed by atoms with Crippen LogP contribution in [0.15, 0.2) is 66.8 Å². The van der Waals surface area contributed by atoms with E-state index in [1.807, 2.05) is 42.5 Å². The van der Waals surface area contributed by atoms with Crippen LogP contribution < -0.4 is 14.8 Å². The van der Waals surface area contributed by atoms with Gasteiger partial charge in [-0.15, -0.1) is 0 Å². The van der Waals surface area contributed by atoms with Gasteiger partial charge < -0.3 is 34.8 Å². The maximum absolute atomic E-state index is 12.7. The Bertz CT molecular complexity index is 1480. The van der Waals surface area contributed by atoms with Crippen LogP contribution >= 0.6 is 0 Å². The smallest absolute Gasteiger partial charge is 0.333 e. The van der Waals surface area contributed by atoms with Gasteiger partial charge in [0.25, 0.3) is 0 Å². The third-order valence-electron chi connectivity index (χ3n) is 9.34. The van der Waals surface area contributed by atoms with Crippen LogP contribution in [0, 0.1) is 11.8 Å². The molecule has 0 aliphatic heterocycles. The van der Waals surface area contributed by atoms with Crippen molar-refractivity contribution in [1.29, 1.82) is 0 Å². The van der Waals surface area contributed by atoms with Gasteiger partial charge in [-0.25, -0.2) is 9.59 Å². The van der Waals surface area contributed by atoms with Crippen molar-refractivity contribution in [2.24, 2.45) is 11.8 Å². The van der Waals surface area contributed by atoms with Gasteiger partial charge in [0.1, 0.15) is 6.04 Å². The number of carbonyl (C=O) groups excluding carboxylic acids is 3. The number of carbonyl (C=O) groups is 3. The second-order valence-electron chi connectivity index (χ2n) is 13.5. The molecular formula is C40H56N2O12. The first kappa shape index (κ1) is 44.2. The van der Waals surface area contributed by atoms with E-state index in [0.29, 0.717) is 63.4 Å². The number of unbranched alkanes of at least 4 members (excludes halogenated alkanes) is 2. The van der Waals surface area contributed by atoms with Crippen LogP contribution in [-0.2, 0) is 30.4 Å². The fourth-order valence-corrected chi connectivity index (χ4v) is 6.34. The van der Waals surface area contributed by atoms with Crippen LogP contribution in [0.2, 0.25) is 0 Å². The van der Waals surface area contributed by atoms with E-state index < -0.39 is 36.3 Å². The number of nitrogens with one attached hydrogen (secondary N) is 1. The molecule has 54 heavy (non-hydrogen) atoms. The zero-order chi connectivity index (χ0) is 39.3. The van der Waals surface area contributed by atoms with Crippen LogP contribution in [0.5, 0.6) is 11.5 Å². The molecule has 1 fully saturated rings. The molecule has 14 heteroatoms. The lowest BCUT2D eigenvalue weighted by Crippen LogP contribution is -2.40. The van der Waals surface area contributed by atoms with E-state index in [1.54, 1.807) is 12.1 Å². The van der Waals surface area contributed by atoms with Gasteiger partial charge in [0.2, 0.25) is 5.91 Å². The Morgan fingerprint density at radius 1 is 0.944 bits per heavy atom. The third-order valence-corrected chi connectivity index (χ3v) is 9.34. The molecule has 1 unspecified atom stereocenters. The summed E-state index contributed by atoms with van der Waals surface area (Å²) in [5.41, 5.74) is 1.76. The van der Waals surface area contributed by atoms with Crippen molar-refractivity contribution in [1.82, 2.24) is 10.7 Å². The van der Waals surface area contributed by atoms with Crippen molar-refractivity contribution in [3.05, 3.63) is 77.9 Å². The van der Waals surface area contributed by atoms with E-state index in [0.717, 1.165) is 6.42 Å². The number of rotatable bonds is 24. The third kappa shape index (κ3) is 16.5. The molecule has 1 amide bonds. The van der Waals surface area contributed by atoms with Gasteiger partial charge in [-0.2, -0.15) is 0 Å². The largest absolute Gasteiger partial charge is 0.493 e. The maximum Gasteiger partial charge on any atom is 0.333 e. The number of hydrogen-bond acceptors (Lipinski definition) is 13. The number of ether oxygens (including phenoxy) is 3. The maximum atomic E-state index is 12.7. The number of allylic oxidation sites excluding steroid dienone is 2. The number of methoxy groups -OCH3 is 1. The molecule has 6 atom stereocenters. The zero-order valence-electron chi connectivity index (χ0n) is 31.1. The summed E-state index contributed by atoms with van der Waals surface area (Å²) in [7, 11) is 1.41. The van der Waals surface area contributed by atoms with Crippen LogP contribution in [0.1, 0.15) is 82.3 Å². The molecule has 0 aromatic heterocycles. The molecule has 2 aromatic rings. The lowest BCUT2D eigenvalue weighted by Gasteiger charge is -2.23. The molecule has 298 valence electrons. The van der Waals surface area contributed by atoms with Gasteiger partial charge >= 0.3 is 11.9 Å². The standard InChI is InChI=1S/C40H56N2O12/c1-28(40(48)54-36-22-17-30(26-37(36)51-2)18-23-39(47)52-24-10-11-25-53-42(49)50)41-38(46)15-9-4-3-8-14-32-33(35(45)27-34(32)44)21-20-31(43)19-16-29-12-6-5-7-13-29/h3,5-8,12-13,17-18,22-23,26,28,31-35,43-45,49-50H,4,9-11,14-16,19-21,24-25,27H2,1-2H3,(H,41,46)/b8-3-,23-18+/t28?,31-,32+,33+,34-,35+/m0/s1. The van der Waals surface area contributed by atoms with Crippen molar-refractivity contribution < 1.29 is 59.2 Å². The van der Waals surface area contributed by atoms with Crippen LogP contribution in [0.4, 0.5) is 0 Å². The predicted molar refractivity (Wildman–Crippen MR) is 198 cm³/mol. The van der Waals surface area contributed by atoms with Crippen LogP contribution in [0.25, 0.3) is 6.08 Å². The average Bonchev–Trinajstić information content (AvgIpc) is 3.42. The van der Waals surface area contributed by atoms with Crippen molar-refractivity contribution in [3.63, 3.8) is 0 Å². The topological polar surface area (TPSA) is 205 Å². The zero-order valence-corrected chi connectivity index (χ0v) is 31.1. The summed E-state index contributed by atoms with van der Waals surface area (Å²) in [6.07, 6.45) is 10.9. The molecule has 0 radical (unpaired) electrons. The molecular weight excluding hydrogens is 700 g/mol. The summed E-state index contributed by atoms with van der Waals surface area (Å²) in [5, 5.41) is 50.9. The molecule has 6 N–H and O–H groups in total. The summed E-state index contributed by atoms with van der Waals surface area (Å²) in [6.45, 7) is 1.70. The van der Waals surface area contributed by atoms with Gasteiger partial charge in [-0.3, -0.25) is 20.0 Å². The number of nitrogens with zero attached hydrogens (tertiary/aromatic N) is 1. The van der Waals surface area contributed by atoms with E-state index in [9.17, 15) is 29.7 Å². The minimum absolute atomic E-state index is 0.0501. The van der Waals surface area contributed by atoms with Crippen LogP contribution in [-0.4, -0.2) is 93.6 Å². The first-order valence-electron chi connectivity index (χ1n) is 18.5. The van der Waals surface area contributed by atoms with Crippen molar-refractivity contribution >= 4 is 23.9 Å². The SMILES string of the molecule is COc1cc(/C=C/C(=O)OCCCCON(O)O)ccc1OC(=O)C(C)NC(=O)CCC/C=C\C[C@@H]1[C@@H](CC[C@@H](O)CCc2ccccc2)[C@H](O)C[C@@H]1O. The van der Waals surface area contributed by atoms with Gasteiger partial charge in [0.05, 0.1) is 44.0 Å². The lowest BCUT2D eigenvalue weighted by atomic mass is 9.85. The number of aryl methyl sites for hydroxylation is 1. The number of hydrogen-bond donors (Lipinski definition) is 6. The summed E-state index contributed by atoms with van der Waals surface area (Å²) < 4.78 is 15.9. The molecule has 0 heterocycles.